The molecule has 1 N–H and O–H groups in total. The maximum atomic E-state index is 8.87. The first-order chi connectivity index (χ1) is 4.02. The highest BCUT2D eigenvalue weighted by atomic mass is 16.6. The molecule has 1 saturated heterocycles. The van der Waals surface area contributed by atoms with E-state index in [0.29, 0.717) is 6.61 Å². The highest BCUT2D eigenvalue weighted by Crippen LogP contribution is 2.43. The Labute approximate surface area is 55.8 Å². The summed E-state index contributed by atoms with van der Waals surface area (Å²) >= 11 is 0. The summed E-state index contributed by atoms with van der Waals surface area (Å²) in [4.78, 5) is 0. The van der Waals surface area contributed by atoms with Gasteiger partial charge in [-0.2, -0.15) is 0 Å². The summed E-state index contributed by atoms with van der Waals surface area (Å²) in [6.45, 7) is 7.10. The zero-order valence-electron chi connectivity index (χ0n) is 6.27. The van der Waals surface area contributed by atoms with Crippen LogP contribution in [0.25, 0.3) is 0 Å². The SMILES string of the molecule is CC(C)(C)[C@]1(CO)CO1. The van der Waals surface area contributed by atoms with E-state index in [0.717, 1.165) is 0 Å². The third kappa shape index (κ3) is 0.970. The predicted octanol–water partition coefficient (Wildman–Crippen LogP) is 0.794. The lowest BCUT2D eigenvalue weighted by Gasteiger charge is -2.24. The van der Waals surface area contributed by atoms with Crippen molar-refractivity contribution >= 4 is 0 Å². The van der Waals surface area contributed by atoms with Gasteiger partial charge in [-0.05, 0) is 5.41 Å². The average molecular weight is 130 g/mol. The van der Waals surface area contributed by atoms with Crippen molar-refractivity contribution in [2.75, 3.05) is 13.2 Å². The lowest BCUT2D eigenvalue weighted by molar-refractivity contribution is 0.0822. The van der Waals surface area contributed by atoms with Crippen LogP contribution in [0.15, 0.2) is 0 Å². The van der Waals surface area contributed by atoms with Gasteiger partial charge in [0.15, 0.2) is 0 Å². The molecule has 0 aromatic rings. The number of hydrogen-bond acceptors (Lipinski definition) is 2. The summed E-state index contributed by atoms with van der Waals surface area (Å²) in [7, 11) is 0. The summed E-state index contributed by atoms with van der Waals surface area (Å²) in [5.41, 5.74) is -0.130. The number of epoxide rings is 1. The first kappa shape index (κ1) is 7.03. The van der Waals surface area contributed by atoms with E-state index in [4.69, 9.17) is 9.84 Å². The van der Waals surface area contributed by atoms with Gasteiger partial charge in [0, 0.05) is 0 Å². The minimum Gasteiger partial charge on any atom is -0.393 e. The molecule has 0 radical (unpaired) electrons. The fourth-order valence-corrected chi connectivity index (χ4v) is 0.849. The van der Waals surface area contributed by atoms with Crippen LogP contribution >= 0.6 is 0 Å². The molecular weight excluding hydrogens is 116 g/mol. The molecule has 54 valence electrons. The fourth-order valence-electron chi connectivity index (χ4n) is 0.849. The van der Waals surface area contributed by atoms with Gasteiger partial charge in [-0.15, -0.1) is 0 Å². The van der Waals surface area contributed by atoms with E-state index in [1.165, 1.54) is 0 Å². The molecule has 9 heavy (non-hydrogen) atoms. The van der Waals surface area contributed by atoms with Gasteiger partial charge in [-0.1, -0.05) is 20.8 Å². The smallest absolute Gasteiger partial charge is 0.119 e. The van der Waals surface area contributed by atoms with Crippen molar-refractivity contribution in [2.45, 2.75) is 26.4 Å². The molecule has 2 heteroatoms. The fraction of sp³-hybridized carbons (Fsp3) is 1.00. The highest BCUT2D eigenvalue weighted by molar-refractivity contribution is 5.01. The summed E-state index contributed by atoms with van der Waals surface area (Å²) in [6.07, 6.45) is 0. The molecule has 0 aromatic heterocycles. The first-order valence-corrected chi connectivity index (χ1v) is 3.27. The van der Waals surface area contributed by atoms with Crippen molar-refractivity contribution < 1.29 is 9.84 Å². The minimum absolute atomic E-state index is 0.0851. The molecule has 0 bridgehead atoms. The molecule has 1 fully saturated rings. The number of aliphatic hydroxyl groups is 1. The van der Waals surface area contributed by atoms with E-state index in [1.54, 1.807) is 0 Å². The number of aliphatic hydroxyl groups excluding tert-OH is 1. The van der Waals surface area contributed by atoms with E-state index >= 15 is 0 Å². The standard InChI is InChI=1S/C7H14O2/c1-6(2,3)7(4-8)5-9-7/h8H,4-5H2,1-3H3/t7-/m0/s1. The Hall–Kier alpha value is -0.0800. The van der Waals surface area contributed by atoms with Crippen LogP contribution in [-0.4, -0.2) is 23.9 Å². The minimum atomic E-state index is -0.215. The Kier molecular flexibility index (Phi) is 1.33. The predicted molar refractivity (Wildman–Crippen MR) is 35.2 cm³/mol. The van der Waals surface area contributed by atoms with Gasteiger partial charge in [-0.25, -0.2) is 0 Å². The van der Waals surface area contributed by atoms with Crippen LogP contribution in [0.4, 0.5) is 0 Å². The Morgan fingerprint density at radius 1 is 1.56 bits per heavy atom. The van der Waals surface area contributed by atoms with Crippen LogP contribution in [0.2, 0.25) is 0 Å². The molecule has 1 heterocycles. The third-order valence-electron chi connectivity index (χ3n) is 2.12. The van der Waals surface area contributed by atoms with Crippen molar-refractivity contribution in [1.82, 2.24) is 0 Å². The molecule has 1 aliphatic heterocycles. The second kappa shape index (κ2) is 1.70. The lowest BCUT2D eigenvalue weighted by Crippen LogP contribution is -2.33. The van der Waals surface area contributed by atoms with Crippen LogP contribution in [0.1, 0.15) is 20.8 Å². The second-order valence-corrected chi connectivity index (χ2v) is 3.69. The van der Waals surface area contributed by atoms with E-state index in [2.05, 4.69) is 20.8 Å². The number of ether oxygens (including phenoxy) is 1. The van der Waals surface area contributed by atoms with Crippen LogP contribution in [0.3, 0.4) is 0 Å². The molecule has 1 rings (SSSR count). The average Bonchev–Trinajstić information content (AvgIpc) is 2.40. The Balaban J connectivity index is 2.60. The van der Waals surface area contributed by atoms with Gasteiger partial charge in [0.2, 0.25) is 0 Å². The van der Waals surface area contributed by atoms with Crippen molar-refractivity contribution in [2.24, 2.45) is 5.41 Å². The van der Waals surface area contributed by atoms with E-state index in [1.807, 2.05) is 0 Å². The van der Waals surface area contributed by atoms with Crippen molar-refractivity contribution in [1.29, 1.82) is 0 Å². The van der Waals surface area contributed by atoms with E-state index in [9.17, 15) is 0 Å². The molecule has 1 aliphatic rings. The molecule has 0 unspecified atom stereocenters. The number of hydrogen-bond donors (Lipinski definition) is 1. The second-order valence-electron chi connectivity index (χ2n) is 3.69. The van der Waals surface area contributed by atoms with Crippen LogP contribution in [0, 0.1) is 5.41 Å². The Morgan fingerprint density at radius 3 is 2.00 bits per heavy atom. The van der Waals surface area contributed by atoms with Crippen LogP contribution in [0.5, 0.6) is 0 Å². The van der Waals surface area contributed by atoms with Crippen LogP contribution in [-0.2, 0) is 4.74 Å². The monoisotopic (exact) mass is 130 g/mol. The van der Waals surface area contributed by atoms with Gasteiger partial charge in [-0.3, -0.25) is 0 Å². The third-order valence-corrected chi connectivity index (χ3v) is 2.12. The zero-order chi connectivity index (χ0) is 7.12. The molecule has 0 spiro atoms. The van der Waals surface area contributed by atoms with Crippen molar-refractivity contribution in [3.8, 4) is 0 Å². The van der Waals surface area contributed by atoms with Gasteiger partial charge in [0.1, 0.15) is 5.60 Å². The number of rotatable bonds is 1. The van der Waals surface area contributed by atoms with Gasteiger partial charge in [0.05, 0.1) is 13.2 Å². The van der Waals surface area contributed by atoms with Gasteiger partial charge in [0.25, 0.3) is 0 Å². The Morgan fingerprint density at radius 2 is 2.00 bits per heavy atom. The zero-order valence-corrected chi connectivity index (χ0v) is 6.27. The summed E-state index contributed by atoms with van der Waals surface area (Å²) in [5.74, 6) is 0. The molecule has 2 nitrogen and oxygen atoms in total. The normalized spacial score (nSPS) is 34.7. The van der Waals surface area contributed by atoms with Crippen molar-refractivity contribution in [3.63, 3.8) is 0 Å². The molecule has 0 aliphatic carbocycles. The maximum absolute atomic E-state index is 8.87. The molecule has 1 atom stereocenters. The summed E-state index contributed by atoms with van der Waals surface area (Å²) < 4.78 is 5.16. The summed E-state index contributed by atoms with van der Waals surface area (Å²) in [5, 5.41) is 8.87. The quantitative estimate of drug-likeness (QED) is 0.532. The molecule has 0 amide bonds. The maximum Gasteiger partial charge on any atom is 0.119 e. The topological polar surface area (TPSA) is 32.8 Å². The van der Waals surface area contributed by atoms with Crippen LogP contribution < -0.4 is 0 Å². The van der Waals surface area contributed by atoms with Gasteiger partial charge >= 0.3 is 0 Å². The molecular formula is C7H14O2. The van der Waals surface area contributed by atoms with E-state index in [-0.39, 0.29) is 17.6 Å². The molecule has 0 aromatic carbocycles. The highest BCUT2D eigenvalue weighted by Gasteiger charge is 2.53. The first-order valence-electron chi connectivity index (χ1n) is 3.27. The van der Waals surface area contributed by atoms with Crippen molar-refractivity contribution in [3.05, 3.63) is 0 Å². The van der Waals surface area contributed by atoms with E-state index < -0.39 is 0 Å². The summed E-state index contributed by atoms with van der Waals surface area (Å²) in [6, 6.07) is 0. The molecule has 0 saturated carbocycles. The Bertz CT molecular complexity index is 109. The van der Waals surface area contributed by atoms with Gasteiger partial charge < -0.3 is 9.84 Å². The largest absolute Gasteiger partial charge is 0.393 e. The lowest BCUT2D eigenvalue weighted by atomic mass is 9.81.